The summed E-state index contributed by atoms with van der Waals surface area (Å²) < 4.78 is 26.6. The van der Waals surface area contributed by atoms with Crippen molar-refractivity contribution >= 4 is 42.3 Å². The molecular weight excluding hydrogens is 342 g/mol. The van der Waals surface area contributed by atoms with Crippen molar-refractivity contribution in [2.45, 2.75) is 15.5 Å². The molecule has 1 aromatic carbocycles. The fraction of sp³-hybridized carbons (Fsp3) is 0.118. The van der Waals surface area contributed by atoms with E-state index in [4.69, 9.17) is 5.73 Å². The number of benzene rings is 1. The molecular formula is C17H15N3O2S2. The van der Waals surface area contributed by atoms with Crippen LogP contribution in [-0.2, 0) is 16.3 Å². The van der Waals surface area contributed by atoms with E-state index in [1.807, 2.05) is 18.3 Å². The van der Waals surface area contributed by atoms with Gasteiger partial charge in [0.15, 0.2) is 0 Å². The van der Waals surface area contributed by atoms with E-state index in [0.717, 1.165) is 21.2 Å². The lowest BCUT2D eigenvalue weighted by molar-refractivity contribution is 0.599. The van der Waals surface area contributed by atoms with Crippen molar-refractivity contribution in [2.24, 2.45) is 5.73 Å². The number of rotatable bonds is 4. The fourth-order valence-corrected chi connectivity index (χ4v) is 5.77. The van der Waals surface area contributed by atoms with E-state index in [0.29, 0.717) is 22.7 Å². The van der Waals surface area contributed by atoms with E-state index in [-0.39, 0.29) is 4.90 Å². The molecule has 0 amide bonds. The molecule has 24 heavy (non-hydrogen) atoms. The van der Waals surface area contributed by atoms with Gasteiger partial charge in [0.05, 0.1) is 10.4 Å². The molecule has 4 aromatic rings. The van der Waals surface area contributed by atoms with Gasteiger partial charge in [-0.2, -0.15) is 0 Å². The van der Waals surface area contributed by atoms with Crippen LogP contribution in [-0.4, -0.2) is 24.9 Å². The third-order valence-electron chi connectivity index (χ3n) is 4.00. The van der Waals surface area contributed by atoms with Crippen molar-refractivity contribution in [1.29, 1.82) is 0 Å². The second kappa shape index (κ2) is 5.70. The number of sulfone groups is 1. The zero-order valence-corrected chi connectivity index (χ0v) is 14.3. The number of hydrogen-bond acceptors (Lipinski definition) is 5. The van der Waals surface area contributed by atoms with Gasteiger partial charge >= 0.3 is 0 Å². The van der Waals surface area contributed by atoms with Crippen LogP contribution in [0.15, 0.2) is 57.9 Å². The minimum Gasteiger partial charge on any atom is -0.353 e. The molecule has 0 saturated heterocycles. The Labute approximate surface area is 143 Å². The smallest absolute Gasteiger partial charge is 0.218 e. The van der Waals surface area contributed by atoms with Crippen LogP contribution in [0.1, 0.15) is 5.56 Å². The zero-order valence-electron chi connectivity index (χ0n) is 12.7. The molecule has 3 aromatic heterocycles. The Morgan fingerprint density at radius 1 is 1.21 bits per heavy atom. The van der Waals surface area contributed by atoms with Crippen LogP contribution >= 0.6 is 11.3 Å². The highest BCUT2D eigenvalue weighted by Gasteiger charge is 2.24. The molecule has 3 heterocycles. The van der Waals surface area contributed by atoms with Crippen LogP contribution in [0.25, 0.3) is 21.1 Å². The lowest BCUT2D eigenvalue weighted by atomic mass is 10.2. The first kappa shape index (κ1) is 15.3. The van der Waals surface area contributed by atoms with E-state index >= 15 is 0 Å². The third kappa shape index (κ3) is 2.32. The molecule has 0 atom stereocenters. The van der Waals surface area contributed by atoms with E-state index in [1.54, 1.807) is 30.5 Å². The lowest BCUT2D eigenvalue weighted by Crippen LogP contribution is -2.02. The molecule has 122 valence electrons. The highest BCUT2D eigenvalue weighted by molar-refractivity contribution is 7.93. The topological polar surface area (TPSA) is 88.8 Å². The molecule has 0 aliphatic rings. The molecule has 0 fully saturated rings. The Balaban J connectivity index is 1.91. The Bertz CT molecular complexity index is 1140. The minimum absolute atomic E-state index is 0.241. The fourth-order valence-electron chi connectivity index (χ4n) is 2.84. The van der Waals surface area contributed by atoms with Gasteiger partial charge in [0.25, 0.3) is 0 Å². The number of nitrogens with one attached hydrogen (secondary N) is 1. The van der Waals surface area contributed by atoms with Gasteiger partial charge in [-0.15, -0.1) is 11.3 Å². The van der Waals surface area contributed by atoms with Gasteiger partial charge in [0.1, 0.15) is 9.04 Å². The maximum absolute atomic E-state index is 13.1. The second-order valence-corrected chi connectivity index (χ2v) is 8.69. The number of nitrogens with zero attached hydrogens (tertiary/aromatic N) is 1. The molecule has 0 spiro atoms. The van der Waals surface area contributed by atoms with E-state index in [1.165, 1.54) is 11.3 Å². The highest BCUT2D eigenvalue weighted by atomic mass is 32.2. The summed E-state index contributed by atoms with van der Waals surface area (Å²) in [6.45, 7) is 0.526. The lowest BCUT2D eigenvalue weighted by Gasteiger charge is -2.05. The van der Waals surface area contributed by atoms with Crippen LogP contribution in [0.2, 0.25) is 0 Å². The Morgan fingerprint density at radius 2 is 2.04 bits per heavy atom. The number of nitrogens with two attached hydrogens (primary N) is 1. The maximum Gasteiger partial charge on any atom is 0.218 e. The number of fused-ring (bicyclic) bond motifs is 2. The molecule has 3 N–H and O–H groups in total. The summed E-state index contributed by atoms with van der Waals surface area (Å²) >= 11 is 1.24. The molecule has 4 rings (SSSR count). The normalized spacial score (nSPS) is 12.2. The number of para-hydroxylation sites is 1. The first-order valence-electron chi connectivity index (χ1n) is 7.50. The summed E-state index contributed by atoms with van der Waals surface area (Å²) in [7, 11) is -3.62. The van der Waals surface area contributed by atoms with Crippen LogP contribution in [0.5, 0.6) is 0 Å². The van der Waals surface area contributed by atoms with Gasteiger partial charge in [-0.1, -0.05) is 18.2 Å². The summed E-state index contributed by atoms with van der Waals surface area (Å²) in [5, 5.41) is 1.74. The van der Waals surface area contributed by atoms with Crippen LogP contribution in [0.4, 0.5) is 0 Å². The van der Waals surface area contributed by atoms with Gasteiger partial charge in [-0.3, -0.25) is 4.98 Å². The maximum atomic E-state index is 13.1. The molecule has 0 radical (unpaired) electrons. The average molecular weight is 357 g/mol. The summed E-state index contributed by atoms with van der Waals surface area (Å²) in [5.74, 6) is 0. The third-order valence-corrected chi connectivity index (χ3v) is 7.32. The van der Waals surface area contributed by atoms with Gasteiger partial charge in [0, 0.05) is 23.2 Å². The first-order valence-corrected chi connectivity index (χ1v) is 9.80. The number of H-pyrrole nitrogens is 1. The van der Waals surface area contributed by atoms with Gasteiger partial charge in [-0.25, -0.2) is 8.42 Å². The number of aromatic nitrogens is 2. The monoisotopic (exact) mass is 357 g/mol. The number of pyridine rings is 1. The predicted octanol–water partition coefficient (Wildman–Crippen LogP) is 3.11. The summed E-state index contributed by atoms with van der Waals surface area (Å²) in [5.41, 5.74) is 7.16. The minimum atomic E-state index is -3.62. The SMILES string of the molecule is NCCc1c[nH]c2sc(S(=O)(=O)c3cccc4cccnc34)cc12. The van der Waals surface area contributed by atoms with Crippen LogP contribution in [0.3, 0.4) is 0 Å². The molecule has 0 aliphatic heterocycles. The summed E-state index contributed by atoms with van der Waals surface area (Å²) in [4.78, 5) is 8.49. The number of thiophene rings is 1. The first-order chi connectivity index (χ1) is 11.6. The Hall–Kier alpha value is -2.22. The van der Waals surface area contributed by atoms with Crippen molar-refractivity contribution in [2.75, 3.05) is 6.54 Å². The molecule has 0 bridgehead atoms. The molecule has 0 unspecified atom stereocenters. The Kier molecular flexibility index (Phi) is 3.64. The van der Waals surface area contributed by atoms with Crippen molar-refractivity contribution in [1.82, 2.24) is 9.97 Å². The summed E-state index contributed by atoms with van der Waals surface area (Å²) in [6.07, 6.45) is 4.22. The second-order valence-electron chi connectivity index (χ2n) is 5.50. The van der Waals surface area contributed by atoms with Gasteiger partial charge < -0.3 is 10.7 Å². The standard InChI is InChI=1S/C17H15N3O2S2/c18-7-6-12-10-20-17-13(12)9-15(23-17)24(21,22)14-5-1-3-11-4-2-8-19-16(11)14/h1-5,8-10,20H,6-7,18H2. The average Bonchev–Trinajstić information content (AvgIpc) is 3.17. The number of hydrogen-bond donors (Lipinski definition) is 2. The molecule has 7 heteroatoms. The van der Waals surface area contributed by atoms with Crippen molar-refractivity contribution < 1.29 is 8.42 Å². The summed E-state index contributed by atoms with van der Waals surface area (Å²) in [6, 6.07) is 10.6. The Morgan fingerprint density at radius 3 is 2.88 bits per heavy atom. The van der Waals surface area contributed by atoms with Crippen LogP contribution in [0, 0.1) is 0 Å². The van der Waals surface area contributed by atoms with E-state index < -0.39 is 9.84 Å². The highest BCUT2D eigenvalue weighted by Crippen LogP contribution is 2.35. The zero-order chi connectivity index (χ0) is 16.7. The largest absolute Gasteiger partial charge is 0.353 e. The van der Waals surface area contributed by atoms with Crippen molar-refractivity contribution in [3.63, 3.8) is 0 Å². The van der Waals surface area contributed by atoms with Crippen molar-refractivity contribution in [3.8, 4) is 0 Å². The number of aromatic amines is 1. The molecule has 0 aliphatic carbocycles. The van der Waals surface area contributed by atoms with Gasteiger partial charge in [-0.05, 0) is 36.7 Å². The van der Waals surface area contributed by atoms with E-state index in [9.17, 15) is 8.42 Å². The molecule has 0 saturated carbocycles. The molecule has 5 nitrogen and oxygen atoms in total. The van der Waals surface area contributed by atoms with Crippen LogP contribution < -0.4 is 5.73 Å². The van der Waals surface area contributed by atoms with Crippen molar-refractivity contribution in [3.05, 3.63) is 54.4 Å². The van der Waals surface area contributed by atoms with Gasteiger partial charge in [0.2, 0.25) is 9.84 Å². The van der Waals surface area contributed by atoms with E-state index in [2.05, 4.69) is 9.97 Å². The quantitative estimate of drug-likeness (QED) is 0.587. The predicted molar refractivity (Wildman–Crippen MR) is 96.1 cm³/mol.